The molecule has 114 valence electrons. The molecule has 3 atom stereocenters. The fourth-order valence-corrected chi connectivity index (χ4v) is 4.75. The van der Waals surface area contributed by atoms with Crippen molar-refractivity contribution < 1.29 is 4.79 Å². The van der Waals surface area contributed by atoms with Gasteiger partial charge in [0, 0.05) is 29.8 Å². The van der Waals surface area contributed by atoms with E-state index >= 15 is 0 Å². The molecule has 5 heteroatoms. The zero-order chi connectivity index (χ0) is 14.9. The molecule has 4 nitrogen and oxygen atoms in total. The first kappa shape index (κ1) is 13.9. The minimum Gasteiger partial charge on any atom is -0.302 e. The van der Waals surface area contributed by atoms with Gasteiger partial charge in [-0.1, -0.05) is 6.42 Å². The number of rotatable bonds is 4. The Kier molecular flexibility index (Phi) is 3.66. The number of amides is 1. The fourth-order valence-electron chi connectivity index (χ4n) is 4.01. The summed E-state index contributed by atoms with van der Waals surface area (Å²) in [7, 11) is 0. The molecule has 2 heterocycles. The van der Waals surface area contributed by atoms with Gasteiger partial charge in [0.25, 0.3) is 0 Å². The van der Waals surface area contributed by atoms with E-state index in [0.29, 0.717) is 17.5 Å². The SMILES string of the molecule is O=C(C[C@H]1C[C@@H]2CC[C@@H]1C2)Nc1nc(-c2cccnc2)cs1. The van der Waals surface area contributed by atoms with E-state index in [9.17, 15) is 4.79 Å². The number of thiazole rings is 1. The lowest BCUT2D eigenvalue weighted by Gasteiger charge is -2.20. The molecule has 0 radical (unpaired) electrons. The molecule has 2 aromatic rings. The van der Waals surface area contributed by atoms with Crippen molar-refractivity contribution in [2.24, 2.45) is 17.8 Å². The quantitative estimate of drug-likeness (QED) is 0.929. The topological polar surface area (TPSA) is 54.9 Å². The number of anilines is 1. The molecule has 1 N–H and O–H groups in total. The van der Waals surface area contributed by atoms with Crippen molar-refractivity contribution in [2.45, 2.75) is 32.1 Å². The zero-order valence-electron chi connectivity index (χ0n) is 12.4. The molecule has 0 aliphatic heterocycles. The maximum atomic E-state index is 12.2. The van der Waals surface area contributed by atoms with Crippen LogP contribution < -0.4 is 5.32 Å². The van der Waals surface area contributed by atoms with E-state index < -0.39 is 0 Å². The lowest BCUT2D eigenvalue weighted by Crippen LogP contribution is -2.20. The highest BCUT2D eigenvalue weighted by Crippen LogP contribution is 2.49. The summed E-state index contributed by atoms with van der Waals surface area (Å²) in [5.74, 6) is 2.39. The minimum atomic E-state index is 0.115. The van der Waals surface area contributed by atoms with E-state index in [-0.39, 0.29) is 5.91 Å². The van der Waals surface area contributed by atoms with Crippen LogP contribution in [-0.4, -0.2) is 15.9 Å². The highest BCUT2D eigenvalue weighted by molar-refractivity contribution is 7.14. The van der Waals surface area contributed by atoms with E-state index in [1.807, 2.05) is 17.5 Å². The number of nitrogens with zero attached hydrogens (tertiary/aromatic N) is 2. The summed E-state index contributed by atoms with van der Waals surface area (Å²) >= 11 is 1.48. The van der Waals surface area contributed by atoms with Crippen molar-refractivity contribution in [1.29, 1.82) is 0 Å². The van der Waals surface area contributed by atoms with Crippen LogP contribution in [-0.2, 0) is 4.79 Å². The molecule has 0 aromatic carbocycles. The molecule has 1 amide bonds. The van der Waals surface area contributed by atoms with Crippen molar-refractivity contribution in [3.05, 3.63) is 29.9 Å². The van der Waals surface area contributed by atoms with Gasteiger partial charge in [-0.3, -0.25) is 9.78 Å². The molecule has 0 unspecified atom stereocenters. The lowest BCUT2D eigenvalue weighted by atomic mass is 9.86. The Labute approximate surface area is 134 Å². The van der Waals surface area contributed by atoms with E-state index in [4.69, 9.17) is 0 Å². The Hall–Kier alpha value is -1.75. The summed E-state index contributed by atoms with van der Waals surface area (Å²) < 4.78 is 0. The Balaban J connectivity index is 1.37. The van der Waals surface area contributed by atoms with Crippen molar-refractivity contribution in [1.82, 2.24) is 9.97 Å². The van der Waals surface area contributed by atoms with Gasteiger partial charge in [0.2, 0.25) is 5.91 Å². The third-order valence-corrected chi connectivity index (χ3v) is 5.80. The van der Waals surface area contributed by atoms with Gasteiger partial charge in [0.15, 0.2) is 5.13 Å². The van der Waals surface area contributed by atoms with Gasteiger partial charge in [-0.05, 0) is 49.1 Å². The zero-order valence-corrected chi connectivity index (χ0v) is 13.2. The first-order valence-corrected chi connectivity index (χ1v) is 8.81. The van der Waals surface area contributed by atoms with Gasteiger partial charge in [-0.25, -0.2) is 4.98 Å². The molecule has 2 bridgehead atoms. The highest BCUT2D eigenvalue weighted by atomic mass is 32.1. The van der Waals surface area contributed by atoms with E-state index in [2.05, 4.69) is 15.3 Å². The second-order valence-electron chi connectivity index (χ2n) is 6.47. The smallest absolute Gasteiger partial charge is 0.226 e. The van der Waals surface area contributed by atoms with Gasteiger partial charge in [-0.2, -0.15) is 0 Å². The van der Waals surface area contributed by atoms with Gasteiger partial charge >= 0.3 is 0 Å². The maximum absolute atomic E-state index is 12.2. The van der Waals surface area contributed by atoms with Crippen molar-refractivity contribution in [3.63, 3.8) is 0 Å². The van der Waals surface area contributed by atoms with Crippen LogP contribution in [0, 0.1) is 17.8 Å². The second kappa shape index (κ2) is 5.80. The van der Waals surface area contributed by atoms with Gasteiger partial charge < -0.3 is 5.32 Å². The largest absolute Gasteiger partial charge is 0.302 e. The van der Waals surface area contributed by atoms with Gasteiger partial charge in [0.05, 0.1) is 5.69 Å². The van der Waals surface area contributed by atoms with Crippen LogP contribution in [0.1, 0.15) is 32.1 Å². The predicted octanol–water partition coefficient (Wildman–Crippen LogP) is 3.97. The molecule has 2 aliphatic rings. The number of carbonyl (C=O) groups excluding carboxylic acids is 1. The van der Waals surface area contributed by atoms with Crippen LogP contribution in [0.2, 0.25) is 0 Å². The number of nitrogens with one attached hydrogen (secondary N) is 1. The molecular formula is C17H19N3OS. The predicted molar refractivity (Wildman–Crippen MR) is 87.5 cm³/mol. The molecule has 2 aromatic heterocycles. The summed E-state index contributed by atoms with van der Waals surface area (Å²) in [5.41, 5.74) is 1.85. The van der Waals surface area contributed by atoms with Gasteiger partial charge in [-0.15, -0.1) is 11.3 Å². The maximum Gasteiger partial charge on any atom is 0.226 e. The standard InChI is InChI=1S/C17H19N3OS/c21-16(8-14-7-11-3-4-12(14)6-11)20-17-19-15(10-22-17)13-2-1-5-18-9-13/h1-2,5,9-12,14H,3-4,6-8H2,(H,19,20,21)/t11-,12-,14-/m1/s1. The van der Waals surface area contributed by atoms with E-state index in [1.165, 1.54) is 37.0 Å². The van der Waals surface area contributed by atoms with Crippen molar-refractivity contribution >= 4 is 22.4 Å². The molecule has 0 saturated heterocycles. The molecule has 2 saturated carbocycles. The summed E-state index contributed by atoms with van der Waals surface area (Å²) in [6.45, 7) is 0. The van der Waals surface area contributed by atoms with Crippen LogP contribution in [0.25, 0.3) is 11.3 Å². The summed E-state index contributed by atoms with van der Waals surface area (Å²) in [6, 6.07) is 3.87. The number of pyridine rings is 1. The normalized spacial score (nSPS) is 26.3. The van der Waals surface area contributed by atoms with Crippen LogP contribution in [0.15, 0.2) is 29.9 Å². The van der Waals surface area contributed by atoms with Gasteiger partial charge in [0.1, 0.15) is 0 Å². The average Bonchev–Trinajstić information content (AvgIpc) is 3.24. The number of hydrogen-bond acceptors (Lipinski definition) is 4. The monoisotopic (exact) mass is 313 g/mol. The molecular weight excluding hydrogens is 294 g/mol. The first-order valence-electron chi connectivity index (χ1n) is 7.93. The van der Waals surface area contributed by atoms with Crippen LogP contribution in [0.4, 0.5) is 5.13 Å². The molecule has 2 aliphatic carbocycles. The second-order valence-corrected chi connectivity index (χ2v) is 7.32. The summed E-state index contributed by atoms with van der Waals surface area (Å²) in [4.78, 5) is 20.8. The first-order chi connectivity index (χ1) is 10.8. The molecule has 0 spiro atoms. The Bertz CT molecular complexity index is 670. The Morgan fingerprint density at radius 1 is 1.36 bits per heavy atom. The third-order valence-electron chi connectivity index (χ3n) is 5.04. The fraction of sp³-hybridized carbons (Fsp3) is 0.471. The van der Waals surface area contributed by atoms with Crippen molar-refractivity contribution in [2.75, 3.05) is 5.32 Å². The number of hydrogen-bond donors (Lipinski definition) is 1. The number of aromatic nitrogens is 2. The minimum absolute atomic E-state index is 0.115. The van der Waals surface area contributed by atoms with E-state index in [0.717, 1.165) is 23.1 Å². The summed E-state index contributed by atoms with van der Waals surface area (Å²) in [5, 5.41) is 5.62. The number of carbonyl (C=O) groups is 1. The Morgan fingerprint density at radius 3 is 3.05 bits per heavy atom. The number of fused-ring (bicyclic) bond motifs is 2. The summed E-state index contributed by atoms with van der Waals surface area (Å²) in [6.07, 6.45) is 9.48. The van der Waals surface area contributed by atoms with Crippen LogP contribution >= 0.6 is 11.3 Å². The van der Waals surface area contributed by atoms with E-state index in [1.54, 1.807) is 12.4 Å². The van der Waals surface area contributed by atoms with Crippen LogP contribution in [0.3, 0.4) is 0 Å². The van der Waals surface area contributed by atoms with Crippen molar-refractivity contribution in [3.8, 4) is 11.3 Å². The lowest BCUT2D eigenvalue weighted by molar-refractivity contribution is -0.117. The highest BCUT2D eigenvalue weighted by Gasteiger charge is 2.40. The molecule has 2 fully saturated rings. The third kappa shape index (κ3) is 2.77. The van der Waals surface area contributed by atoms with Crippen LogP contribution in [0.5, 0.6) is 0 Å². The molecule has 22 heavy (non-hydrogen) atoms. The average molecular weight is 313 g/mol. The molecule has 4 rings (SSSR count). The Morgan fingerprint density at radius 2 is 2.32 bits per heavy atom.